The predicted octanol–water partition coefficient (Wildman–Crippen LogP) is 4.05. The number of ether oxygens (including phenoxy) is 1. The van der Waals surface area contributed by atoms with Gasteiger partial charge in [-0.2, -0.15) is 0 Å². The third-order valence-electron chi connectivity index (χ3n) is 3.24. The highest BCUT2D eigenvalue weighted by Crippen LogP contribution is 2.18. The molecule has 0 aliphatic rings. The average molecular weight is 411 g/mol. The summed E-state index contributed by atoms with van der Waals surface area (Å²) in [6.07, 6.45) is 0. The lowest BCUT2D eigenvalue weighted by Gasteiger charge is -2.05. The number of rotatable bonds is 7. The van der Waals surface area contributed by atoms with Gasteiger partial charge in [-0.15, -0.1) is 5.10 Å². The van der Waals surface area contributed by atoms with Crippen molar-refractivity contribution in [2.75, 3.05) is 11.1 Å². The van der Waals surface area contributed by atoms with Gasteiger partial charge < -0.3 is 10.1 Å². The van der Waals surface area contributed by atoms with Crippen LogP contribution in [0.15, 0.2) is 47.6 Å². The number of aromatic amines is 1. The summed E-state index contributed by atoms with van der Waals surface area (Å²) < 4.78 is 31.9. The third-order valence-corrected chi connectivity index (χ3v) is 4.34. The highest BCUT2D eigenvalue weighted by Gasteiger charge is 2.11. The smallest absolute Gasteiger partial charge is 0.234 e. The molecule has 0 spiro atoms. The van der Waals surface area contributed by atoms with E-state index in [4.69, 9.17) is 16.3 Å². The van der Waals surface area contributed by atoms with Crippen LogP contribution in [-0.2, 0) is 11.4 Å². The van der Waals surface area contributed by atoms with E-state index in [1.165, 1.54) is 0 Å². The number of carbonyl (C=O) groups is 1. The van der Waals surface area contributed by atoms with Crippen LogP contribution in [0.4, 0.5) is 14.5 Å². The van der Waals surface area contributed by atoms with E-state index in [1.807, 2.05) is 0 Å². The Bertz CT molecular complexity index is 937. The molecule has 0 radical (unpaired) electrons. The Kier molecular flexibility index (Phi) is 6.25. The molecule has 1 amide bonds. The molecule has 3 rings (SSSR count). The SMILES string of the molecule is O=C(CSc1n[nH]c(COc2ccc(Cl)cc2)n1)Nc1ccc(F)cc1F. The maximum Gasteiger partial charge on any atom is 0.234 e. The summed E-state index contributed by atoms with van der Waals surface area (Å²) in [5, 5.41) is 10.0. The Morgan fingerprint density at radius 3 is 2.74 bits per heavy atom. The van der Waals surface area contributed by atoms with E-state index in [9.17, 15) is 13.6 Å². The molecule has 3 aromatic rings. The Morgan fingerprint density at radius 1 is 1.22 bits per heavy atom. The van der Waals surface area contributed by atoms with Crippen molar-refractivity contribution in [3.63, 3.8) is 0 Å². The van der Waals surface area contributed by atoms with E-state index in [2.05, 4.69) is 20.5 Å². The molecule has 140 valence electrons. The summed E-state index contributed by atoms with van der Waals surface area (Å²) in [4.78, 5) is 16.1. The fourth-order valence-electron chi connectivity index (χ4n) is 2.00. The molecule has 2 N–H and O–H groups in total. The zero-order valence-corrected chi connectivity index (χ0v) is 15.3. The average Bonchev–Trinajstić information content (AvgIpc) is 3.10. The van der Waals surface area contributed by atoms with Gasteiger partial charge >= 0.3 is 0 Å². The summed E-state index contributed by atoms with van der Waals surface area (Å²) in [7, 11) is 0. The number of benzene rings is 2. The van der Waals surface area contributed by atoms with Crippen LogP contribution in [0.3, 0.4) is 0 Å². The lowest BCUT2D eigenvalue weighted by molar-refractivity contribution is -0.113. The third kappa shape index (κ3) is 5.66. The zero-order chi connectivity index (χ0) is 19.2. The first kappa shape index (κ1) is 19.1. The molecule has 10 heteroatoms. The number of thioether (sulfide) groups is 1. The fourth-order valence-corrected chi connectivity index (χ4v) is 2.74. The molecule has 0 bridgehead atoms. The van der Waals surface area contributed by atoms with Crippen LogP contribution >= 0.6 is 23.4 Å². The quantitative estimate of drug-likeness (QED) is 0.574. The van der Waals surface area contributed by atoms with Crippen LogP contribution in [0.25, 0.3) is 0 Å². The number of carbonyl (C=O) groups excluding carboxylic acids is 1. The van der Waals surface area contributed by atoms with Gasteiger partial charge in [-0.05, 0) is 36.4 Å². The van der Waals surface area contributed by atoms with Crippen LogP contribution in [0, 0.1) is 11.6 Å². The van der Waals surface area contributed by atoms with Gasteiger partial charge in [0.1, 0.15) is 24.0 Å². The van der Waals surface area contributed by atoms with Gasteiger partial charge in [-0.25, -0.2) is 13.8 Å². The first-order chi connectivity index (χ1) is 13.0. The first-order valence-corrected chi connectivity index (χ1v) is 9.03. The second-order valence-corrected chi connectivity index (χ2v) is 6.65. The highest BCUT2D eigenvalue weighted by molar-refractivity contribution is 7.99. The van der Waals surface area contributed by atoms with Crippen molar-refractivity contribution in [3.8, 4) is 5.75 Å². The topological polar surface area (TPSA) is 79.9 Å². The van der Waals surface area contributed by atoms with Gasteiger partial charge in [-0.3, -0.25) is 9.89 Å². The van der Waals surface area contributed by atoms with Gasteiger partial charge in [-0.1, -0.05) is 23.4 Å². The van der Waals surface area contributed by atoms with Gasteiger partial charge in [0.05, 0.1) is 11.4 Å². The molecule has 0 atom stereocenters. The summed E-state index contributed by atoms with van der Waals surface area (Å²) in [5.74, 6) is -0.939. The summed E-state index contributed by atoms with van der Waals surface area (Å²) in [6, 6.07) is 9.80. The van der Waals surface area contributed by atoms with Crippen molar-refractivity contribution in [2.45, 2.75) is 11.8 Å². The summed E-state index contributed by atoms with van der Waals surface area (Å²) in [6.45, 7) is 0.169. The highest BCUT2D eigenvalue weighted by atomic mass is 35.5. The number of anilines is 1. The molecule has 2 aromatic carbocycles. The lowest BCUT2D eigenvalue weighted by Crippen LogP contribution is -2.15. The molecular weight excluding hydrogens is 398 g/mol. The normalized spacial score (nSPS) is 10.6. The summed E-state index contributed by atoms with van der Waals surface area (Å²) in [5.41, 5.74) is -0.0889. The minimum Gasteiger partial charge on any atom is -0.486 e. The van der Waals surface area contributed by atoms with Crippen molar-refractivity contribution in [1.29, 1.82) is 0 Å². The number of hydrogen-bond donors (Lipinski definition) is 2. The number of halogens is 3. The number of amides is 1. The van der Waals surface area contributed by atoms with Gasteiger partial charge in [0.15, 0.2) is 5.82 Å². The number of hydrogen-bond acceptors (Lipinski definition) is 5. The van der Waals surface area contributed by atoms with Crippen molar-refractivity contribution in [1.82, 2.24) is 15.2 Å². The van der Waals surface area contributed by atoms with Gasteiger partial charge in [0.25, 0.3) is 0 Å². The minimum absolute atomic E-state index is 0.0356. The number of H-pyrrole nitrogens is 1. The van der Waals surface area contributed by atoms with E-state index < -0.39 is 17.5 Å². The summed E-state index contributed by atoms with van der Waals surface area (Å²) >= 11 is 6.87. The molecule has 0 saturated heterocycles. The molecule has 0 fully saturated rings. The van der Waals surface area contributed by atoms with E-state index in [0.29, 0.717) is 27.8 Å². The Balaban J connectivity index is 1.47. The van der Waals surface area contributed by atoms with E-state index >= 15 is 0 Å². The molecule has 6 nitrogen and oxygen atoms in total. The molecule has 0 aliphatic heterocycles. The molecule has 0 unspecified atom stereocenters. The number of nitrogens with zero attached hydrogens (tertiary/aromatic N) is 2. The maximum atomic E-state index is 13.5. The monoisotopic (exact) mass is 410 g/mol. The largest absolute Gasteiger partial charge is 0.486 e. The van der Waals surface area contributed by atoms with E-state index in [-0.39, 0.29) is 18.0 Å². The maximum absolute atomic E-state index is 13.5. The van der Waals surface area contributed by atoms with Crippen LogP contribution in [0.1, 0.15) is 5.82 Å². The van der Waals surface area contributed by atoms with Gasteiger partial charge in [0, 0.05) is 11.1 Å². The first-order valence-electron chi connectivity index (χ1n) is 7.67. The van der Waals surface area contributed by atoms with Crippen LogP contribution in [0.2, 0.25) is 5.02 Å². The number of aromatic nitrogens is 3. The molecule has 0 aliphatic carbocycles. The standard InChI is InChI=1S/C17H13ClF2N4O2S/c18-10-1-4-12(5-2-10)26-8-15-22-17(24-23-15)27-9-16(25)21-14-6-3-11(19)7-13(14)20/h1-7H,8-9H2,(H,21,25)(H,22,23,24). The molecular formula is C17H13ClF2N4O2S. The van der Waals surface area contributed by atoms with Crippen molar-refractivity contribution < 1.29 is 18.3 Å². The van der Waals surface area contributed by atoms with Crippen molar-refractivity contribution in [2.24, 2.45) is 0 Å². The molecule has 1 heterocycles. The second-order valence-electron chi connectivity index (χ2n) is 5.27. The van der Waals surface area contributed by atoms with Crippen LogP contribution in [-0.4, -0.2) is 26.8 Å². The minimum atomic E-state index is -0.840. The molecule has 27 heavy (non-hydrogen) atoms. The Labute approximate surface area is 162 Å². The van der Waals surface area contributed by atoms with Gasteiger partial charge in [0.2, 0.25) is 11.1 Å². The van der Waals surface area contributed by atoms with E-state index in [0.717, 1.165) is 23.9 Å². The second kappa shape index (κ2) is 8.83. The van der Waals surface area contributed by atoms with Crippen LogP contribution in [0.5, 0.6) is 5.75 Å². The van der Waals surface area contributed by atoms with E-state index in [1.54, 1.807) is 24.3 Å². The zero-order valence-electron chi connectivity index (χ0n) is 13.7. The molecule has 0 saturated carbocycles. The fraction of sp³-hybridized carbons (Fsp3) is 0.118. The van der Waals surface area contributed by atoms with Crippen LogP contribution < -0.4 is 10.1 Å². The molecule has 1 aromatic heterocycles. The number of nitrogens with one attached hydrogen (secondary N) is 2. The van der Waals surface area contributed by atoms with Crippen molar-refractivity contribution >= 4 is 35.0 Å². The van der Waals surface area contributed by atoms with Crippen molar-refractivity contribution in [3.05, 3.63) is 64.9 Å². The Morgan fingerprint density at radius 2 is 2.00 bits per heavy atom. The lowest BCUT2D eigenvalue weighted by atomic mass is 10.3. The predicted molar refractivity (Wildman–Crippen MR) is 97.9 cm³/mol. The Hall–Kier alpha value is -2.65.